The fourth-order valence-corrected chi connectivity index (χ4v) is 3.82. The Balaban J connectivity index is 1.24. The van der Waals surface area contributed by atoms with Gasteiger partial charge in [-0.2, -0.15) is 4.98 Å². The molecule has 2 amide bonds. The number of amides is 2. The predicted octanol–water partition coefficient (Wildman–Crippen LogP) is 1.89. The Morgan fingerprint density at radius 3 is 2.86 bits per heavy atom. The number of nitrogens with zero attached hydrogens (tertiary/aromatic N) is 5. The van der Waals surface area contributed by atoms with E-state index in [-0.39, 0.29) is 18.4 Å². The molecule has 35 heavy (non-hydrogen) atoms. The van der Waals surface area contributed by atoms with Crippen LogP contribution < -0.4 is 10.6 Å². The number of benzene rings is 1. The first-order valence-corrected chi connectivity index (χ1v) is 11.3. The van der Waals surface area contributed by atoms with Gasteiger partial charge in [0.05, 0.1) is 32.5 Å². The van der Waals surface area contributed by atoms with E-state index in [9.17, 15) is 9.59 Å². The first kappa shape index (κ1) is 22.7. The van der Waals surface area contributed by atoms with Gasteiger partial charge >= 0.3 is 0 Å². The molecule has 0 atom stereocenters. The van der Waals surface area contributed by atoms with Crippen LogP contribution in [0.1, 0.15) is 21.9 Å². The Morgan fingerprint density at radius 1 is 1.14 bits per heavy atom. The Hall–Kier alpha value is -4.09. The molecule has 0 spiro atoms. The molecule has 1 aliphatic heterocycles. The molecule has 11 nitrogen and oxygen atoms in total. The molecule has 2 N–H and O–H groups in total. The number of fused-ring (bicyclic) bond motifs is 1. The van der Waals surface area contributed by atoms with E-state index in [1.165, 1.54) is 0 Å². The van der Waals surface area contributed by atoms with Crippen molar-refractivity contribution in [1.29, 1.82) is 0 Å². The van der Waals surface area contributed by atoms with Crippen molar-refractivity contribution in [2.75, 3.05) is 38.2 Å². The second-order valence-electron chi connectivity index (χ2n) is 8.23. The van der Waals surface area contributed by atoms with Crippen molar-refractivity contribution < 1.29 is 18.8 Å². The van der Waals surface area contributed by atoms with E-state index in [0.29, 0.717) is 54.1 Å². The highest BCUT2D eigenvalue weighted by molar-refractivity contribution is 6.04. The minimum Gasteiger partial charge on any atom is -0.379 e. The lowest BCUT2D eigenvalue weighted by atomic mass is 10.1. The molecule has 1 saturated heterocycles. The fraction of sp³-hybridized carbons (Fsp3) is 0.292. The highest BCUT2D eigenvalue weighted by atomic mass is 16.5. The van der Waals surface area contributed by atoms with Crippen molar-refractivity contribution in [2.24, 2.45) is 0 Å². The quantitative estimate of drug-likeness (QED) is 0.415. The second-order valence-corrected chi connectivity index (χ2v) is 8.23. The molecule has 0 unspecified atom stereocenters. The zero-order valence-electron chi connectivity index (χ0n) is 19.2. The zero-order chi connectivity index (χ0) is 24.2. The van der Waals surface area contributed by atoms with E-state index in [0.717, 1.165) is 18.7 Å². The van der Waals surface area contributed by atoms with Crippen LogP contribution in [-0.2, 0) is 16.1 Å². The van der Waals surface area contributed by atoms with E-state index in [4.69, 9.17) is 9.26 Å². The summed E-state index contributed by atoms with van der Waals surface area (Å²) < 4.78 is 12.3. The molecule has 1 aliphatic rings. The van der Waals surface area contributed by atoms with Gasteiger partial charge in [-0.1, -0.05) is 23.4 Å². The summed E-state index contributed by atoms with van der Waals surface area (Å²) in [6, 6.07) is 11.1. The number of pyridine rings is 1. The third-order valence-electron chi connectivity index (χ3n) is 5.77. The smallest absolute Gasteiger partial charge is 0.274 e. The fourth-order valence-electron chi connectivity index (χ4n) is 3.82. The maximum Gasteiger partial charge on any atom is 0.274 e. The summed E-state index contributed by atoms with van der Waals surface area (Å²) >= 11 is 0. The summed E-state index contributed by atoms with van der Waals surface area (Å²) in [7, 11) is 0. The first-order chi connectivity index (χ1) is 17.1. The number of anilines is 1. The normalized spacial score (nSPS) is 14.2. The van der Waals surface area contributed by atoms with Gasteiger partial charge in [-0.05, 0) is 30.7 Å². The van der Waals surface area contributed by atoms with E-state index in [1.54, 1.807) is 22.9 Å². The molecule has 0 bridgehead atoms. The van der Waals surface area contributed by atoms with Crippen molar-refractivity contribution in [3.05, 3.63) is 65.9 Å². The third-order valence-corrected chi connectivity index (χ3v) is 5.77. The molecule has 5 rings (SSSR count). The monoisotopic (exact) mass is 475 g/mol. The molecular formula is C24H25N7O4. The van der Waals surface area contributed by atoms with Gasteiger partial charge in [0.1, 0.15) is 11.3 Å². The standard InChI is InChI=1S/C24H25N7O4/c1-16-5-6-17(12-18(16)27-24(33)19-13-25-20-4-2-3-7-31(19)20)23-28-22(35-29-23)14-26-21(32)15-30-8-10-34-11-9-30/h2-7,12-13H,8-11,14-15H2,1H3,(H,26,32)(H,27,33). The summed E-state index contributed by atoms with van der Waals surface area (Å²) in [5, 5.41) is 9.78. The Morgan fingerprint density at radius 2 is 2.00 bits per heavy atom. The van der Waals surface area contributed by atoms with Gasteiger partial charge < -0.3 is 19.9 Å². The molecular weight excluding hydrogens is 450 g/mol. The van der Waals surface area contributed by atoms with Crippen LogP contribution in [-0.4, -0.2) is 69.1 Å². The van der Waals surface area contributed by atoms with Gasteiger partial charge in [0, 0.05) is 30.5 Å². The summed E-state index contributed by atoms with van der Waals surface area (Å²) in [5.74, 6) is 0.278. The molecule has 3 aromatic heterocycles. The van der Waals surface area contributed by atoms with Crippen LogP contribution in [0.4, 0.5) is 5.69 Å². The van der Waals surface area contributed by atoms with Crippen molar-refractivity contribution in [1.82, 2.24) is 29.7 Å². The Bertz CT molecular complexity index is 1360. The molecule has 4 aromatic rings. The maximum absolute atomic E-state index is 12.9. The third kappa shape index (κ3) is 5.20. The largest absolute Gasteiger partial charge is 0.379 e. The van der Waals surface area contributed by atoms with E-state index >= 15 is 0 Å². The number of morpholine rings is 1. The van der Waals surface area contributed by atoms with Gasteiger partial charge in [-0.3, -0.25) is 18.9 Å². The molecule has 0 radical (unpaired) electrons. The number of hydrogen-bond donors (Lipinski definition) is 2. The topological polar surface area (TPSA) is 127 Å². The average Bonchev–Trinajstić information content (AvgIpc) is 3.52. The van der Waals surface area contributed by atoms with Crippen LogP contribution in [0.15, 0.2) is 53.3 Å². The molecule has 4 heterocycles. The van der Waals surface area contributed by atoms with Crippen LogP contribution >= 0.6 is 0 Å². The van der Waals surface area contributed by atoms with Crippen molar-refractivity contribution in [3.63, 3.8) is 0 Å². The van der Waals surface area contributed by atoms with Crippen LogP contribution in [0.25, 0.3) is 17.0 Å². The number of carbonyl (C=O) groups is 2. The maximum atomic E-state index is 12.9. The molecule has 0 aliphatic carbocycles. The minimum atomic E-state index is -0.277. The van der Waals surface area contributed by atoms with Gasteiger partial charge in [-0.25, -0.2) is 4.98 Å². The van der Waals surface area contributed by atoms with Crippen molar-refractivity contribution in [3.8, 4) is 11.4 Å². The summed E-state index contributed by atoms with van der Waals surface area (Å²) in [4.78, 5) is 35.8. The van der Waals surface area contributed by atoms with E-state index in [2.05, 4.69) is 25.8 Å². The minimum absolute atomic E-state index is 0.112. The van der Waals surface area contributed by atoms with Crippen LogP contribution in [0.2, 0.25) is 0 Å². The lowest BCUT2D eigenvalue weighted by molar-refractivity contribution is -0.123. The summed E-state index contributed by atoms with van der Waals surface area (Å²) in [6.45, 7) is 5.09. The van der Waals surface area contributed by atoms with Crippen LogP contribution in [0.3, 0.4) is 0 Å². The second kappa shape index (κ2) is 10.0. The number of aryl methyl sites for hydroxylation is 1. The summed E-state index contributed by atoms with van der Waals surface area (Å²) in [6.07, 6.45) is 3.34. The van der Waals surface area contributed by atoms with Crippen LogP contribution in [0, 0.1) is 6.92 Å². The number of carbonyl (C=O) groups excluding carboxylic acids is 2. The van der Waals surface area contributed by atoms with Crippen molar-refractivity contribution in [2.45, 2.75) is 13.5 Å². The lowest BCUT2D eigenvalue weighted by Crippen LogP contribution is -2.43. The number of rotatable bonds is 7. The van der Waals surface area contributed by atoms with Gasteiger partial charge in [0.15, 0.2) is 0 Å². The first-order valence-electron chi connectivity index (χ1n) is 11.3. The number of imidazole rings is 1. The zero-order valence-corrected chi connectivity index (χ0v) is 19.2. The van der Waals surface area contributed by atoms with Gasteiger partial charge in [0.25, 0.3) is 5.91 Å². The SMILES string of the molecule is Cc1ccc(-c2noc(CNC(=O)CN3CCOCC3)n2)cc1NC(=O)c1cnc2ccccn12. The Labute approximate surface area is 201 Å². The number of hydrogen-bond acceptors (Lipinski definition) is 8. The number of nitrogens with one attached hydrogen (secondary N) is 2. The lowest BCUT2D eigenvalue weighted by Gasteiger charge is -2.25. The van der Waals surface area contributed by atoms with Crippen molar-refractivity contribution >= 4 is 23.1 Å². The summed E-state index contributed by atoms with van der Waals surface area (Å²) in [5.41, 5.74) is 3.32. The Kier molecular flexibility index (Phi) is 6.51. The van der Waals surface area contributed by atoms with E-state index < -0.39 is 0 Å². The van der Waals surface area contributed by atoms with Crippen LogP contribution in [0.5, 0.6) is 0 Å². The van der Waals surface area contributed by atoms with Gasteiger partial charge in [0.2, 0.25) is 17.6 Å². The average molecular weight is 476 g/mol. The number of ether oxygens (including phenoxy) is 1. The molecule has 11 heteroatoms. The predicted molar refractivity (Wildman–Crippen MR) is 127 cm³/mol. The number of aromatic nitrogens is 4. The highest BCUT2D eigenvalue weighted by Crippen LogP contribution is 2.24. The molecule has 1 fully saturated rings. The molecule has 180 valence electrons. The van der Waals surface area contributed by atoms with E-state index in [1.807, 2.05) is 42.2 Å². The molecule has 0 saturated carbocycles. The molecule has 1 aromatic carbocycles. The van der Waals surface area contributed by atoms with Gasteiger partial charge in [-0.15, -0.1) is 0 Å². The highest BCUT2D eigenvalue weighted by Gasteiger charge is 2.17.